The first kappa shape index (κ1) is 24.3. The maximum absolute atomic E-state index is 14.1. The van der Waals surface area contributed by atoms with Gasteiger partial charge in [0.15, 0.2) is 0 Å². The van der Waals surface area contributed by atoms with Gasteiger partial charge in [0.05, 0.1) is 12.3 Å². The van der Waals surface area contributed by atoms with Gasteiger partial charge in [0.2, 0.25) is 0 Å². The molecular weight excluding hydrogens is 346 g/mol. The molecule has 0 heterocycles. The van der Waals surface area contributed by atoms with Crippen LogP contribution in [0.15, 0.2) is 35.0 Å². The van der Waals surface area contributed by atoms with Crippen molar-refractivity contribution < 1.29 is 22.7 Å². The number of nitrogens with zero attached hydrogens (tertiary/aromatic N) is 1. The molecule has 0 spiro atoms. The highest BCUT2D eigenvalue weighted by Crippen LogP contribution is 2.29. The third-order valence-corrected chi connectivity index (χ3v) is 3.38. The summed E-state index contributed by atoms with van der Waals surface area (Å²) >= 11 is 0. The topological polar surface area (TPSA) is 32.6 Å². The van der Waals surface area contributed by atoms with Crippen LogP contribution in [0.4, 0.5) is 17.6 Å². The van der Waals surface area contributed by atoms with Crippen LogP contribution in [-0.2, 0) is 6.61 Å². The lowest BCUT2D eigenvalue weighted by Crippen LogP contribution is -2.18. The normalized spacial score (nSPS) is 14.2. The molecule has 1 aromatic rings. The standard InChI is InChI=1S/C16H19F4NO.C4H10/c1-4-10(3)15(21-14(5-2)16(18,19)20)12-7-6-11(9-22)8-13(12)17;1-4(2)3/h5-8,10,22H,4,9H2,1-3H3;4H,1-3H3/b14-5-,21-15?;. The zero-order valence-electron chi connectivity index (χ0n) is 16.3. The molecule has 148 valence electrons. The summed E-state index contributed by atoms with van der Waals surface area (Å²) in [6.07, 6.45) is -3.20. The van der Waals surface area contributed by atoms with Gasteiger partial charge in [0.1, 0.15) is 11.5 Å². The van der Waals surface area contributed by atoms with Gasteiger partial charge in [-0.3, -0.25) is 0 Å². The van der Waals surface area contributed by atoms with Crippen molar-refractivity contribution >= 4 is 5.71 Å². The number of aliphatic hydroxyl groups excluding tert-OH is 1. The average Bonchev–Trinajstić information content (AvgIpc) is 2.54. The van der Waals surface area contributed by atoms with Crippen LogP contribution in [0.1, 0.15) is 59.1 Å². The van der Waals surface area contributed by atoms with E-state index in [-0.39, 0.29) is 23.8 Å². The van der Waals surface area contributed by atoms with E-state index in [4.69, 9.17) is 5.11 Å². The number of halogens is 4. The van der Waals surface area contributed by atoms with Gasteiger partial charge in [-0.1, -0.05) is 46.8 Å². The van der Waals surface area contributed by atoms with E-state index in [1.54, 1.807) is 13.8 Å². The lowest BCUT2D eigenvalue weighted by molar-refractivity contribution is -0.0924. The number of alkyl halides is 3. The first-order chi connectivity index (χ1) is 12.0. The maximum Gasteiger partial charge on any atom is 0.433 e. The minimum absolute atomic E-state index is 0.0233. The molecule has 0 aliphatic carbocycles. The number of allylic oxidation sites excluding steroid dienone is 2. The summed E-state index contributed by atoms with van der Waals surface area (Å²) in [7, 11) is 0. The monoisotopic (exact) mass is 375 g/mol. The van der Waals surface area contributed by atoms with Gasteiger partial charge < -0.3 is 5.11 Å². The van der Waals surface area contributed by atoms with Gasteiger partial charge in [0, 0.05) is 5.56 Å². The molecule has 26 heavy (non-hydrogen) atoms. The number of benzene rings is 1. The van der Waals surface area contributed by atoms with E-state index < -0.39 is 17.7 Å². The Balaban J connectivity index is 0.00000141. The number of hydrogen-bond donors (Lipinski definition) is 1. The van der Waals surface area contributed by atoms with Crippen molar-refractivity contribution in [3.8, 4) is 0 Å². The fourth-order valence-electron chi connectivity index (χ4n) is 1.92. The van der Waals surface area contributed by atoms with Crippen molar-refractivity contribution in [3.63, 3.8) is 0 Å². The Kier molecular flexibility index (Phi) is 10.4. The number of aliphatic hydroxyl groups is 1. The smallest absolute Gasteiger partial charge is 0.392 e. The molecule has 0 saturated heterocycles. The van der Waals surface area contributed by atoms with Gasteiger partial charge in [-0.25, -0.2) is 9.38 Å². The molecule has 1 rings (SSSR count). The van der Waals surface area contributed by atoms with Crippen LogP contribution in [0, 0.1) is 17.7 Å². The first-order valence-electron chi connectivity index (χ1n) is 8.69. The fraction of sp³-hybridized carbons (Fsp3) is 0.550. The van der Waals surface area contributed by atoms with E-state index in [9.17, 15) is 17.6 Å². The highest BCUT2D eigenvalue weighted by molar-refractivity contribution is 6.03. The predicted molar refractivity (Wildman–Crippen MR) is 98.6 cm³/mol. The van der Waals surface area contributed by atoms with Gasteiger partial charge in [-0.2, -0.15) is 13.2 Å². The molecule has 0 amide bonds. The zero-order chi connectivity index (χ0) is 20.5. The summed E-state index contributed by atoms with van der Waals surface area (Å²) in [5, 5.41) is 8.98. The second-order valence-electron chi connectivity index (χ2n) is 6.68. The molecule has 1 aromatic carbocycles. The van der Waals surface area contributed by atoms with Crippen LogP contribution in [-0.4, -0.2) is 17.0 Å². The van der Waals surface area contributed by atoms with Crippen LogP contribution < -0.4 is 0 Å². The van der Waals surface area contributed by atoms with Crippen molar-refractivity contribution in [1.82, 2.24) is 0 Å². The Morgan fingerprint density at radius 2 is 1.73 bits per heavy atom. The van der Waals surface area contributed by atoms with Crippen molar-refractivity contribution in [2.24, 2.45) is 16.8 Å². The molecule has 1 unspecified atom stereocenters. The van der Waals surface area contributed by atoms with Crippen molar-refractivity contribution in [2.45, 2.75) is 60.7 Å². The summed E-state index contributed by atoms with van der Waals surface area (Å²) in [4.78, 5) is 3.67. The SMILES string of the molecule is C/C=C(\N=C(c1ccc(CO)cc1F)C(C)CC)C(F)(F)F.CC(C)C. The summed E-state index contributed by atoms with van der Waals surface area (Å²) in [5.74, 6) is -0.199. The van der Waals surface area contributed by atoms with Crippen LogP contribution >= 0.6 is 0 Å². The van der Waals surface area contributed by atoms with Gasteiger partial charge in [-0.15, -0.1) is 0 Å². The van der Waals surface area contributed by atoms with E-state index in [2.05, 4.69) is 25.8 Å². The second kappa shape index (κ2) is 11.1. The van der Waals surface area contributed by atoms with Crippen LogP contribution in [0.5, 0.6) is 0 Å². The first-order valence-corrected chi connectivity index (χ1v) is 8.69. The maximum atomic E-state index is 14.1. The molecule has 1 atom stereocenters. The lowest BCUT2D eigenvalue weighted by Gasteiger charge is -2.16. The minimum atomic E-state index is -4.59. The van der Waals surface area contributed by atoms with Crippen molar-refractivity contribution in [2.75, 3.05) is 0 Å². The predicted octanol–water partition coefficient (Wildman–Crippen LogP) is 6.28. The molecule has 0 bridgehead atoms. The van der Waals surface area contributed by atoms with Crippen molar-refractivity contribution in [3.05, 3.63) is 46.9 Å². The number of hydrogen-bond acceptors (Lipinski definition) is 2. The fourth-order valence-corrected chi connectivity index (χ4v) is 1.92. The van der Waals surface area contributed by atoms with Crippen LogP contribution in [0.3, 0.4) is 0 Å². The van der Waals surface area contributed by atoms with Gasteiger partial charge in [-0.05, 0) is 42.9 Å². The van der Waals surface area contributed by atoms with E-state index >= 15 is 0 Å². The Morgan fingerprint density at radius 3 is 2.08 bits per heavy atom. The van der Waals surface area contributed by atoms with E-state index in [0.29, 0.717) is 12.0 Å². The Bertz CT molecular complexity index is 616. The van der Waals surface area contributed by atoms with Crippen LogP contribution in [0.2, 0.25) is 0 Å². The van der Waals surface area contributed by atoms with E-state index in [0.717, 1.165) is 18.1 Å². The van der Waals surface area contributed by atoms with E-state index in [1.165, 1.54) is 19.1 Å². The molecule has 0 aliphatic heterocycles. The quantitative estimate of drug-likeness (QED) is 0.477. The third kappa shape index (κ3) is 8.13. The summed E-state index contributed by atoms with van der Waals surface area (Å²) < 4.78 is 52.8. The molecule has 0 aliphatic rings. The highest BCUT2D eigenvalue weighted by Gasteiger charge is 2.34. The molecule has 1 N–H and O–H groups in total. The van der Waals surface area contributed by atoms with Gasteiger partial charge >= 0.3 is 6.18 Å². The molecule has 0 fully saturated rings. The average molecular weight is 375 g/mol. The Hall–Kier alpha value is -1.69. The Labute approximate surface area is 153 Å². The highest BCUT2D eigenvalue weighted by atomic mass is 19.4. The van der Waals surface area contributed by atoms with E-state index in [1.807, 2.05) is 0 Å². The van der Waals surface area contributed by atoms with Gasteiger partial charge in [0.25, 0.3) is 0 Å². The van der Waals surface area contributed by atoms with Crippen molar-refractivity contribution in [1.29, 1.82) is 0 Å². The third-order valence-electron chi connectivity index (χ3n) is 3.38. The largest absolute Gasteiger partial charge is 0.433 e. The summed E-state index contributed by atoms with van der Waals surface area (Å²) in [5.41, 5.74) is -0.620. The molecule has 6 heteroatoms. The molecule has 0 aromatic heterocycles. The molecular formula is C20H29F4NO. The Morgan fingerprint density at radius 1 is 1.19 bits per heavy atom. The molecule has 0 radical (unpaired) electrons. The summed E-state index contributed by atoms with van der Waals surface area (Å²) in [6.45, 7) is 10.9. The summed E-state index contributed by atoms with van der Waals surface area (Å²) in [6, 6.07) is 3.94. The second-order valence-corrected chi connectivity index (χ2v) is 6.68. The minimum Gasteiger partial charge on any atom is -0.392 e. The molecule has 2 nitrogen and oxygen atoms in total. The number of rotatable bonds is 5. The number of aliphatic imine (C=N–C) groups is 1. The lowest BCUT2D eigenvalue weighted by atomic mass is 9.94. The zero-order valence-corrected chi connectivity index (χ0v) is 16.3. The van der Waals surface area contributed by atoms with Crippen LogP contribution in [0.25, 0.3) is 0 Å². The molecule has 0 saturated carbocycles.